The van der Waals surface area contributed by atoms with E-state index in [1.165, 1.54) is 5.56 Å². The lowest BCUT2D eigenvalue weighted by Crippen LogP contribution is -2.17. The molecule has 0 saturated carbocycles. The molecule has 0 saturated heterocycles. The van der Waals surface area contributed by atoms with Gasteiger partial charge in [-0.25, -0.2) is 4.79 Å². The number of H-pyrrole nitrogens is 1. The van der Waals surface area contributed by atoms with E-state index in [-0.39, 0.29) is 5.69 Å². The van der Waals surface area contributed by atoms with Crippen molar-refractivity contribution in [3.63, 3.8) is 0 Å². The molecule has 0 unspecified atom stereocenters. The van der Waals surface area contributed by atoms with Gasteiger partial charge in [-0.3, -0.25) is 4.57 Å². The predicted molar refractivity (Wildman–Crippen MR) is 73.8 cm³/mol. The summed E-state index contributed by atoms with van der Waals surface area (Å²) in [7, 11) is 0. The zero-order valence-electron chi connectivity index (χ0n) is 10.9. The van der Waals surface area contributed by atoms with Crippen LogP contribution < -0.4 is 5.69 Å². The molecule has 0 aliphatic rings. The Balaban J connectivity index is 1.97. The van der Waals surface area contributed by atoms with Crippen LogP contribution in [0.3, 0.4) is 0 Å². The van der Waals surface area contributed by atoms with Crippen LogP contribution in [0.1, 0.15) is 31.0 Å². The van der Waals surface area contributed by atoms with Crippen molar-refractivity contribution in [1.29, 1.82) is 0 Å². The first-order chi connectivity index (χ1) is 8.79. The van der Waals surface area contributed by atoms with Crippen molar-refractivity contribution in [3.8, 4) is 0 Å². The van der Waals surface area contributed by atoms with Gasteiger partial charge in [0, 0.05) is 18.4 Å². The van der Waals surface area contributed by atoms with Crippen molar-refractivity contribution in [2.45, 2.75) is 39.2 Å². The van der Waals surface area contributed by atoms with Crippen LogP contribution in [-0.4, -0.2) is 9.55 Å². The largest absolute Gasteiger partial charge is 0.325 e. The molecule has 0 radical (unpaired) electrons. The first-order valence-corrected chi connectivity index (χ1v) is 6.62. The minimum Gasteiger partial charge on any atom is -0.310 e. The Morgan fingerprint density at radius 3 is 2.67 bits per heavy atom. The molecule has 0 aliphatic heterocycles. The van der Waals surface area contributed by atoms with Crippen molar-refractivity contribution in [2.24, 2.45) is 0 Å². The minimum atomic E-state index is 0.0111. The summed E-state index contributed by atoms with van der Waals surface area (Å²) in [5.74, 6) is 0. The maximum atomic E-state index is 11.7. The Morgan fingerprint density at radius 1 is 1.17 bits per heavy atom. The average molecular weight is 244 g/mol. The van der Waals surface area contributed by atoms with Gasteiger partial charge in [-0.2, -0.15) is 0 Å². The lowest BCUT2D eigenvalue weighted by Gasteiger charge is -2.01. The van der Waals surface area contributed by atoms with Crippen molar-refractivity contribution < 1.29 is 0 Å². The van der Waals surface area contributed by atoms with Gasteiger partial charge in [0.1, 0.15) is 0 Å². The first kappa shape index (κ1) is 12.7. The van der Waals surface area contributed by atoms with E-state index in [0.717, 1.165) is 37.9 Å². The predicted octanol–water partition coefficient (Wildman–Crippen LogP) is 2.76. The van der Waals surface area contributed by atoms with Gasteiger partial charge in [-0.1, -0.05) is 43.7 Å². The maximum Gasteiger partial charge on any atom is 0.325 e. The number of nitrogens with zero attached hydrogens (tertiary/aromatic N) is 1. The van der Waals surface area contributed by atoms with Gasteiger partial charge in [0.05, 0.1) is 0 Å². The molecule has 1 heterocycles. The molecule has 0 bridgehead atoms. The Labute approximate surface area is 107 Å². The van der Waals surface area contributed by atoms with E-state index < -0.39 is 0 Å². The van der Waals surface area contributed by atoms with Gasteiger partial charge in [0.15, 0.2) is 0 Å². The number of aromatic amines is 1. The van der Waals surface area contributed by atoms with E-state index in [2.05, 4.69) is 24.0 Å². The zero-order chi connectivity index (χ0) is 12.8. The van der Waals surface area contributed by atoms with Gasteiger partial charge in [-0.15, -0.1) is 0 Å². The van der Waals surface area contributed by atoms with Gasteiger partial charge in [-0.05, 0) is 24.8 Å². The molecule has 1 aromatic heterocycles. The Morgan fingerprint density at radius 2 is 1.94 bits per heavy atom. The molecule has 0 fully saturated rings. The third kappa shape index (κ3) is 3.36. The highest BCUT2D eigenvalue weighted by Gasteiger charge is 2.02. The smallest absolute Gasteiger partial charge is 0.310 e. The van der Waals surface area contributed by atoms with Crippen LogP contribution in [0.5, 0.6) is 0 Å². The summed E-state index contributed by atoms with van der Waals surface area (Å²) < 4.78 is 1.78. The summed E-state index contributed by atoms with van der Waals surface area (Å²) in [5.41, 5.74) is 2.33. The highest BCUT2D eigenvalue weighted by Crippen LogP contribution is 2.03. The topological polar surface area (TPSA) is 37.8 Å². The van der Waals surface area contributed by atoms with Gasteiger partial charge in [0.2, 0.25) is 0 Å². The summed E-state index contributed by atoms with van der Waals surface area (Å²) in [4.78, 5) is 14.7. The molecule has 1 N–H and O–H groups in total. The summed E-state index contributed by atoms with van der Waals surface area (Å²) in [5, 5.41) is 0. The van der Waals surface area contributed by atoms with Crippen LogP contribution in [-0.2, 0) is 19.4 Å². The lowest BCUT2D eigenvalue weighted by atomic mass is 10.1. The number of imidazole rings is 1. The molecule has 96 valence electrons. The van der Waals surface area contributed by atoms with Crippen molar-refractivity contribution in [1.82, 2.24) is 9.55 Å². The SMILES string of the molecule is CCCCc1cn(CCc2ccccc2)c(=O)[nH]1. The summed E-state index contributed by atoms with van der Waals surface area (Å²) >= 11 is 0. The molecule has 0 spiro atoms. The number of unbranched alkanes of at least 4 members (excludes halogenated alkanes) is 1. The fraction of sp³-hybridized carbons (Fsp3) is 0.400. The van der Waals surface area contributed by atoms with Crippen molar-refractivity contribution in [3.05, 3.63) is 58.3 Å². The standard InChI is InChI=1S/C15H20N2O/c1-2-3-9-14-12-17(15(18)16-14)11-10-13-7-5-4-6-8-13/h4-8,12H,2-3,9-11H2,1H3,(H,16,18). The Bertz CT molecular complexity index is 525. The number of rotatable bonds is 6. The zero-order valence-corrected chi connectivity index (χ0v) is 10.9. The Hall–Kier alpha value is -1.77. The van der Waals surface area contributed by atoms with E-state index in [9.17, 15) is 4.79 Å². The third-order valence-corrected chi connectivity index (χ3v) is 3.12. The molecule has 3 heteroatoms. The van der Waals surface area contributed by atoms with Crippen LogP contribution in [0, 0.1) is 0 Å². The van der Waals surface area contributed by atoms with Crippen molar-refractivity contribution >= 4 is 0 Å². The molecule has 0 aliphatic carbocycles. The third-order valence-electron chi connectivity index (χ3n) is 3.12. The van der Waals surface area contributed by atoms with Gasteiger partial charge < -0.3 is 4.98 Å². The molecule has 0 atom stereocenters. The number of hydrogen-bond acceptors (Lipinski definition) is 1. The molecular formula is C15H20N2O. The van der Waals surface area contributed by atoms with Crippen LogP contribution in [0.2, 0.25) is 0 Å². The normalized spacial score (nSPS) is 10.7. The molecule has 1 aromatic carbocycles. The van der Waals surface area contributed by atoms with Crippen LogP contribution in [0.4, 0.5) is 0 Å². The van der Waals surface area contributed by atoms with Crippen LogP contribution >= 0.6 is 0 Å². The number of hydrogen-bond donors (Lipinski definition) is 1. The highest BCUT2D eigenvalue weighted by molar-refractivity contribution is 5.14. The fourth-order valence-corrected chi connectivity index (χ4v) is 2.04. The fourth-order valence-electron chi connectivity index (χ4n) is 2.04. The minimum absolute atomic E-state index is 0.0111. The molecule has 0 amide bonds. The van der Waals surface area contributed by atoms with E-state index in [1.807, 2.05) is 24.4 Å². The van der Waals surface area contributed by atoms with E-state index in [4.69, 9.17) is 0 Å². The monoisotopic (exact) mass is 244 g/mol. The highest BCUT2D eigenvalue weighted by atomic mass is 16.1. The Kier molecular flexibility index (Phi) is 4.40. The van der Waals surface area contributed by atoms with Gasteiger partial charge >= 0.3 is 5.69 Å². The van der Waals surface area contributed by atoms with E-state index in [1.54, 1.807) is 4.57 Å². The number of nitrogens with one attached hydrogen (secondary N) is 1. The van der Waals surface area contributed by atoms with Crippen molar-refractivity contribution in [2.75, 3.05) is 0 Å². The summed E-state index contributed by atoms with van der Waals surface area (Å²) in [6.45, 7) is 2.90. The summed E-state index contributed by atoms with van der Waals surface area (Å²) in [6.07, 6.45) is 6.09. The first-order valence-electron chi connectivity index (χ1n) is 6.62. The molecule has 18 heavy (non-hydrogen) atoms. The lowest BCUT2D eigenvalue weighted by molar-refractivity contribution is 0.671. The second-order valence-corrected chi connectivity index (χ2v) is 4.62. The molecular weight excluding hydrogens is 224 g/mol. The number of aromatic nitrogens is 2. The van der Waals surface area contributed by atoms with Crippen LogP contribution in [0.25, 0.3) is 0 Å². The van der Waals surface area contributed by atoms with Crippen LogP contribution in [0.15, 0.2) is 41.3 Å². The average Bonchev–Trinajstić information content (AvgIpc) is 2.76. The molecule has 2 aromatic rings. The van der Waals surface area contributed by atoms with Gasteiger partial charge in [0.25, 0.3) is 0 Å². The number of aryl methyl sites for hydroxylation is 3. The second-order valence-electron chi connectivity index (χ2n) is 4.62. The second kappa shape index (κ2) is 6.24. The quantitative estimate of drug-likeness (QED) is 0.833. The molecule has 3 nitrogen and oxygen atoms in total. The van der Waals surface area contributed by atoms with E-state index >= 15 is 0 Å². The summed E-state index contributed by atoms with van der Waals surface area (Å²) in [6, 6.07) is 10.3. The number of benzene rings is 1. The maximum absolute atomic E-state index is 11.7. The van der Waals surface area contributed by atoms with E-state index in [0.29, 0.717) is 0 Å². The molecule has 2 rings (SSSR count).